The first-order valence-corrected chi connectivity index (χ1v) is 5.35. The monoisotopic (exact) mass is 202 g/mol. The minimum atomic E-state index is 0.0766. The zero-order chi connectivity index (χ0) is 10.6. The molecule has 0 amide bonds. The van der Waals surface area contributed by atoms with E-state index in [9.17, 15) is 0 Å². The van der Waals surface area contributed by atoms with E-state index in [-0.39, 0.29) is 12.6 Å². The number of hydrogen-bond acceptors (Lipinski definition) is 4. The largest absolute Gasteiger partial charge is 0.396 e. The van der Waals surface area contributed by atoms with Gasteiger partial charge in [0.25, 0.3) is 0 Å². The van der Waals surface area contributed by atoms with Gasteiger partial charge in [0.1, 0.15) is 0 Å². The first-order valence-electron chi connectivity index (χ1n) is 5.35. The molecular weight excluding hydrogens is 180 g/mol. The Bertz CT molecular complexity index is 166. The lowest BCUT2D eigenvalue weighted by Gasteiger charge is -2.38. The number of nitrogens with zero attached hydrogens (tertiary/aromatic N) is 1. The predicted octanol–water partition coefficient (Wildman–Crippen LogP) is -0.195. The molecule has 1 rings (SSSR count). The molecule has 4 nitrogen and oxygen atoms in total. The van der Waals surface area contributed by atoms with Crippen LogP contribution in [0.15, 0.2) is 0 Å². The van der Waals surface area contributed by atoms with Gasteiger partial charge in [-0.05, 0) is 20.3 Å². The summed E-state index contributed by atoms with van der Waals surface area (Å²) in [6.07, 6.45) is 0.978. The molecule has 14 heavy (non-hydrogen) atoms. The summed E-state index contributed by atoms with van der Waals surface area (Å²) in [5.74, 6) is 0. The molecule has 3 N–H and O–H groups in total. The van der Waals surface area contributed by atoms with Crippen LogP contribution in [0.5, 0.6) is 0 Å². The normalized spacial score (nSPS) is 31.7. The van der Waals surface area contributed by atoms with Crippen LogP contribution in [-0.2, 0) is 4.74 Å². The summed E-state index contributed by atoms with van der Waals surface area (Å²) in [4.78, 5) is 2.34. The van der Waals surface area contributed by atoms with Crippen molar-refractivity contribution in [1.82, 2.24) is 4.90 Å². The highest BCUT2D eigenvalue weighted by atomic mass is 16.5. The third-order valence-electron chi connectivity index (χ3n) is 2.71. The Morgan fingerprint density at radius 2 is 2.29 bits per heavy atom. The molecule has 0 saturated carbocycles. The minimum absolute atomic E-state index is 0.0766. The van der Waals surface area contributed by atoms with Crippen molar-refractivity contribution in [1.29, 1.82) is 0 Å². The van der Waals surface area contributed by atoms with Gasteiger partial charge in [-0.3, -0.25) is 4.90 Å². The first-order chi connectivity index (χ1) is 6.63. The van der Waals surface area contributed by atoms with Crippen LogP contribution in [0.3, 0.4) is 0 Å². The van der Waals surface area contributed by atoms with E-state index in [0.29, 0.717) is 18.6 Å². The molecule has 1 heterocycles. The number of hydrogen-bond donors (Lipinski definition) is 2. The molecular formula is C10H22N2O2. The van der Waals surface area contributed by atoms with Gasteiger partial charge in [-0.25, -0.2) is 0 Å². The number of aliphatic hydroxyl groups is 1. The third-order valence-corrected chi connectivity index (χ3v) is 2.71. The quantitative estimate of drug-likeness (QED) is 0.663. The van der Waals surface area contributed by atoms with E-state index in [2.05, 4.69) is 18.7 Å². The highest BCUT2D eigenvalue weighted by molar-refractivity contribution is 4.78. The van der Waals surface area contributed by atoms with Gasteiger partial charge in [-0.15, -0.1) is 0 Å². The van der Waals surface area contributed by atoms with Gasteiger partial charge in [0.2, 0.25) is 0 Å². The molecule has 0 radical (unpaired) electrons. The molecule has 1 aliphatic rings. The van der Waals surface area contributed by atoms with E-state index in [0.717, 1.165) is 19.7 Å². The first kappa shape index (κ1) is 11.9. The van der Waals surface area contributed by atoms with E-state index in [1.807, 2.05) is 0 Å². The van der Waals surface area contributed by atoms with Crippen molar-refractivity contribution in [2.24, 2.45) is 5.73 Å². The van der Waals surface area contributed by atoms with Crippen LogP contribution in [0.4, 0.5) is 0 Å². The van der Waals surface area contributed by atoms with Crippen molar-refractivity contribution in [3.8, 4) is 0 Å². The Kier molecular flexibility index (Phi) is 4.81. The second-order valence-corrected chi connectivity index (χ2v) is 4.22. The van der Waals surface area contributed by atoms with Crippen molar-refractivity contribution >= 4 is 0 Å². The summed E-state index contributed by atoms with van der Waals surface area (Å²) >= 11 is 0. The Morgan fingerprint density at radius 3 is 2.93 bits per heavy atom. The predicted molar refractivity (Wildman–Crippen MR) is 56.1 cm³/mol. The van der Waals surface area contributed by atoms with E-state index >= 15 is 0 Å². The van der Waals surface area contributed by atoms with Crippen LogP contribution < -0.4 is 5.73 Å². The molecule has 0 bridgehead atoms. The van der Waals surface area contributed by atoms with Gasteiger partial charge in [-0.1, -0.05) is 0 Å². The maximum Gasteiger partial charge on any atom is 0.0674 e. The van der Waals surface area contributed by atoms with Crippen LogP contribution in [0.2, 0.25) is 0 Å². The lowest BCUT2D eigenvalue weighted by molar-refractivity contribution is -0.0514. The van der Waals surface area contributed by atoms with Crippen molar-refractivity contribution in [3.05, 3.63) is 0 Å². The maximum absolute atomic E-state index is 8.76. The molecule has 1 fully saturated rings. The summed E-state index contributed by atoms with van der Waals surface area (Å²) in [5, 5.41) is 8.76. The number of nitrogens with two attached hydrogens (primary N) is 1. The van der Waals surface area contributed by atoms with Crippen LogP contribution in [0.25, 0.3) is 0 Å². The highest BCUT2D eigenvalue weighted by Crippen LogP contribution is 2.11. The van der Waals surface area contributed by atoms with Crippen LogP contribution >= 0.6 is 0 Å². The lowest BCUT2D eigenvalue weighted by Crippen LogP contribution is -2.51. The molecule has 1 aliphatic heterocycles. The summed E-state index contributed by atoms with van der Waals surface area (Å²) in [6.45, 7) is 6.99. The van der Waals surface area contributed by atoms with Gasteiger partial charge in [0.05, 0.1) is 12.7 Å². The Balaban J connectivity index is 2.33. The molecule has 3 atom stereocenters. The van der Waals surface area contributed by atoms with Gasteiger partial charge in [0.15, 0.2) is 0 Å². The van der Waals surface area contributed by atoms with Crippen LogP contribution in [0.1, 0.15) is 20.3 Å². The molecule has 0 aromatic carbocycles. The molecule has 0 aliphatic carbocycles. The molecule has 0 spiro atoms. The fraction of sp³-hybridized carbons (Fsp3) is 1.00. The molecule has 0 aromatic heterocycles. The molecule has 0 aromatic rings. The number of rotatable bonds is 4. The summed E-state index contributed by atoms with van der Waals surface area (Å²) < 4.78 is 5.53. The number of ether oxygens (including phenoxy) is 1. The lowest BCUT2D eigenvalue weighted by atomic mass is 10.1. The number of aliphatic hydroxyl groups excluding tert-OH is 1. The standard InChI is InChI=1S/C10H22N2O2/c1-8-7-14-9(2)5-12(8)6-10(11)3-4-13/h8-10,13H,3-7,11H2,1-2H3. The zero-order valence-electron chi connectivity index (χ0n) is 9.15. The Morgan fingerprint density at radius 1 is 1.57 bits per heavy atom. The zero-order valence-corrected chi connectivity index (χ0v) is 9.15. The van der Waals surface area contributed by atoms with E-state index in [1.165, 1.54) is 0 Å². The van der Waals surface area contributed by atoms with Crippen LogP contribution in [-0.4, -0.2) is 54.5 Å². The van der Waals surface area contributed by atoms with Crippen molar-refractivity contribution in [2.45, 2.75) is 38.5 Å². The van der Waals surface area contributed by atoms with E-state index in [4.69, 9.17) is 15.6 Å². The van der Waals surface area contributed by atoms with Crippen molar-refractivity contribution in [2.75, 3.05) is 26.3 Å². The second-order valence-electron chi connectivity index (χ2n) is 4.22. The summed E-state index contributed by atoms with van der Waals surface area (Å²) in [7, 11) is 0. The smallest absolute Gasteiger partial charge is 0.0674 e. The van der Waals surface area contributed by atoms with E-state index in [1.54, 1.807) is 0 Å². The highest BCUT2D eigenvalue weighted by Gasteiger charge is 2.24. The fourth-order valence-electron chi connectivity index (χ4n) is 1.78. The average Bonchev–Trinajstić information content (AvgIpc) is 2.12. The van der Waals surface area contributed by atoms with Crippen LogP contribution in [0, 0.1) is 0 Å². The maximum atomic E-state index is 8.76. The van der Waals surface area contributed by atoms with Gasteiger partial charge in [0, 0.05) is 31.8 Å². The Labute approximate surface area is 86.0 Å². The molecule has 84 valence electrons. The summed E-state index contributed by atoms with van der Waals surface area (Å²) in [6, 6.07) is 0.517. The minimum Gasteiger partial charge on any atom is -0.396 e. The SMILES string of the molecule is CC1CN(CC(N)CCO)C(C)CO1. The van der Waals surface area contributed by atoms with Gasteiger partial charge < -0.3 is 15.6 Å². The Hall–Kier alpha value is -0.160. The van der Waals surface area contributed by atoms with Crippen molar-refractivity contribution < 1.29 is 9.84 Å². The van der Waals surface area contributed by atoms with Gasteiger partial charge in [-0.2, -0.15) is 0 Å². The molecule has 3 unspecified atom stereocenters. The molecule has 1 saturated heterocycles. The number of morpholine rings is 1. The average molecular weight is 202 g/mol. The van der Waals surface area contributed by atoms with Crippen molar-refractivity contribution in [3.63, 3.8) is 0 Å². The summed E-state index contributed by atoms with van der Waals surface area (Å²) in [5.41, 5.74) is 5.88. The fourth-order valence-corrected chi connectivity index (χ4v) is 1.78. The molecule has 4 heteroatoms. The van der Waals surface area contributed by atoms with E-state index < -0.39 is 0 Å². The third kappa shape index (κ3) is 3.53. The topological polar surface area (TPSA) is 58.7 Å². The second kappa shape index (κ2) is 5.66. The van der Waals surface area contributed by atoms with Gasteiger partial charge >= 0.3 is 0 Å².